The zero-order valence-corrected chi connectivity index (χ0v) is 8.57. The zero-order valence-electron chi connectivity index (χ0n) is 7.75. The van der Waals surface area contributed by atoms with E-state index in [0.29, 0.717) is 6.04 Å². The summed E-state index contributed by atoms with van der Waals surface area (Å²) in [6.07, 6.45) is 3.90. The molecule has 0 radical (unpaired) electrons. The molecule has 2 rings (SSSR count). The molecular weight excluding hydrogens is 178 g/mol. The third-order valence-electron chi connectivity index (χ3n) is 2.57. The van der Waals surface area contributed by atoms with Crippen LogP contribution in [0.3, 0.4) is 0 Å². The van der Waals surface area contributed by atoms with Crippen molar-refractivity contribution in [1.82, 2.24) is 5.32 Å². The maximum Gasteiger partial charge on any atom is 0.0328 e. The predicted octanol–water partition coefficient (Wildman–Crippen LogP) is 2.90. The number of nitrogens with one attached hydrogen (secondary N) is 1. The van der Waals surface area contributed by atoms with Gasteiger partial charge in [0.2, 0.25) is 0 Å². The highest BCUT2D eigenvalue weighted by Crippen LogP contribution is 2.25. The fraction of sp³-hybridized carbons (Fsp3) is 0.455. The molecule has 1 fully saturated rings. The van der Waals surface area contributed by atoms with Crippen LogP contribution in [0, 0.1) is 0 Å². The lowest BCUT2D eigenvalue weighted by molar-refractivity contribution is 0.464. The predicted molar refractivity (Wildman–Crippen MR) is 59.0 cm³/mol. The molecule has 2 heteroatoms. The molecule has 1 aliphatic rings. The highest BCUT2D eigenvalue weighted by Gasteiger charge is 2.16. The maximum absolute atomic E-state index is 4.17. The number of hydrogen-bond acceptors (Lipinski definition) is 2. The molecule has 2 heterocycles. The minimum Gasteiger partial charge on any atom is -0.310 e. The Balaban J connectivity index is 2.04. The molecule has 0 aliphatic carbocycles. The van der Waals surface area contributed by atoms with Gasteiger partial charge in [0.25, 0.3) is 0 Å². The Bertz CT molecular complexity index is 270. The molecule has 0 bridgehead atoms. The van der Waals surface area contributed by atoms with Gasteiger partial charge in [0.1, 0.15) is 0 Å². The van der Waals surface area contributed by atoms with Crippen LogP contribution < -0.4 is 5.32 Å². The lowest BCUT2D eigenvalue weighted by Crippen LogP contribution is -2.34. The third kappa shape index (κ3) is 2.01. The molecule has 1 aromatic rings. The lowest BCUT2D eigenvalue weighted by Gasteiger charge is -2.24. The summed E-state index contributed by atoms with van der Waals surface area (Å²) in [7, 11) is 0. The van der Waals surface area contributed by atoms with Crippen LogP contribution in [0.4, 0.5) is 0 Å². The van der Waals surface area contributed by atoms with Crippen LogP contribution in [0.1, 0.15) is 24.1 Å². The lowest BCUT2D eigenvalue weighted by atomic mass is 9.98. The Morgan fingerprint density at radius 3 is 3.08 bits per heavy atom. The van der Waals surface area contributed by atoms with E-state index < -0.39 is 0 Å². The molecule has 13 heavy (non-hydrogen) atoms. The van der Waals surface area contributed by atoms with E-state index >= 15 is 0 Å². The average molecular weight is 193 g/mol. The van der Waals surface area contributed by atoms with Gasteiger partial charge in [0, 0.05) is 10.9 Å². The van der Waals surface area contributed by atoms with E-state index in [1.165, 1.54) is 29.7 Å². The smallest absolute Gasteiger partial charge is 0.0328 e. The first-order valence-electron chi connectivity index (χ1n) is 4.84. The summed E-state index contributed by atoms with van der Waals surface area (Å²) in [6.45, 7) is 5.32. The van der Waals surface area contributed by atoms with E-state index in [9.17, 15) is 0 Å². The van der Waals surface area contributed by atoms with E-state index in [2.05, 4.69) is 29.4 Å². The van der Waals surface area contributed by atoms with Gasteiger partial charge in [-0.2, -0.15) is 0 Å². The van der Waals surface area contributed by atoms with Crippen LogP contribution in [0.5, 0.6) is 0 Å². The van der Waals surface area contributed by atoms with Crippen molar-refractivity contribution in [3.8, 4) is 0 Å². The van der Waals surface area contributed by atoms with Crippen molar-refractivity contribution < 1.29 is 0 Å². The van der Waals surface area contributed by atoms with Crippen molar-refractivity contribution in [3.63, 3.8) is 0 Å². The molecule has 1 saturated heterocycles. The summed E-state index contributed by atoms with van der Waals surface area (Å²) >= 11 is 1.79. The first-order chi connectivity index (χ1) is 6.38. The molecule has 1 aliphatic heterocycles. The van der Waals surface area contributed by atoms with Gasteiger partial charge >= 0.3 is 0 Å². The maximum atomic E-state index is 4.17. The fourth-order valence-corrected chi connectivity index (χ4v) is 2.54. The number of thiophene rings is 1. The van der Waals surface area contributed by atoms with Gasteiger partial charge in [-0.25, -0.2) is 0 Å². The van der Waals surface area contributed by atoms with Gasteiger partial charge in [0.15, 0.2) is 0 Å². The van der Waals surface area contributed by atoms with Gasteiger partial charge in [-0.3, -0.25) is 0 Å². The third-order valence-corrected chi connectivity index (χ3v) is 3.51. The summed E-state index contributed by atoms with van der Waals surface area (Å²) in [5, 5.41) is 5.63. The second-order valence-corrected chi connectivity index (χ2v) is 4.45. The molecule has 1 N–H and O–H groups in total. The van der Waals surface area contributed by atoms with Crippen LogP contribution >= 0.6 is 11.3 Å². The molecule has 70 valence electrons. The summed E-state index contributed by atoms with van der Waals surface area (Å²) in [6, 6.07) is 4.77. The molecule has 1 aromatic heterocycles. The summed E-state index contributed by atoms with van der Waals surface area (Å²) < 4.78 is 0. The second-order valence-electron chi connectivity index (χ2n) is 3.51. The van der Waals surface area contributed by atoms with Gasteiger partial charge in [-0.1, -0.05) is 19.1 Å². The molecule has 0 saturated carbocycles. The number of hydrogen-bond donors (Lipinski definition) is 1. The quantitative estimate of drug-likeness (QED) is 0.761. The van der Waals surface area contributed by atoms with Gasteiger partial charge in [0.05, 0.1) is 0 Å². The van der Waals surface area contributed by atoms with Crippen molar-refractivity contribution in [2.45, 2.75) is 25.3 Å². The SMILES string of the molecule is C=C(c1cccs1)C1CCCCN1. The summed E-state index contributed by atoms with van der Waals surface area (Å²) in [5.74, 6) is 0. The average Bonchev–Trinajstić information content (AvgIpc) is 2.71. The Hall–Kier alpha value is -0.600. The Morgan fingerprint density at radius 2 is 2.46 bits per heavy atom. The molecule has 0 spiro atoms. The monoisotopic (exact) mass is 193 g/mol. The Kier molecular flexibility index (Phi) is 2.81. The van der Waals surface area contributed by atoms with Gasteiger partial charge in [-0.15, -0.1) is 11.3 Å². The second kappa shape index (κ2) is 4.07. The molecular formula is C11H15NS. The molecule has 1 unspecified atom stereocenters. The van der Waals surface area contributed by atoms with Gasteiger partial charge < -0.3 is 5.32 Å². The van der Waals surface area contributed by atoms with Crippen molar-refractivity contribution >= 4 is 16.9 Å². The Labute approximate surface area is 83.5 Å². The van der Waals surface area contributed by atoms with E-state index in [-0.39, 0.29) is 0 Å². The van der Waals surface area contributed by atoms with Crippen LogP contribution in [0.2, 0.25) is 0 Å². The standard InChI is InChI=1S/C11H15NS/c1-9(11-6-4-8-13-11)10-5-2-3-7-12-10/h4,6,8,10,12H,1-3,5,7H2. The largest absolute Gasteiger partial charge is 0.310 e. The van der Waals surface area contributed by atoms with Crippen molar-refractivity contribution in [2.24, 2.45) is 0 Å². The normalized spacial score (nSPS) is 22.9. The highest BCUT2D eigenvalue weighted by molar-refractivity contribution is 7.11. The highest BCUT2D eigenvalue weighted by atomic mass is 32.1. The number of piperidine rings is 1. The summed E-state index contributed by atoms with van der Waals surface area (Å²) in [5.41, 5.74) is 1.27. The molecule has 0 amide bonds. The first-order valence-corrected chi connectivity index (χ1v) is 5.72. The summed E-state index contributed by atoms with van der Waals surface area (Å²) in [4.78, 5) is 1.33. The minimum absolute atomic E-state index is 0.521. The Morgan fingerprint density at radius 1 is 1.54 bits per heavy atom. The topological polar surface area (TPSA) is 12.0 Å². The van der Waals surface area contributed by atoms with Crippen LogP contribution in [0.15, 0.2) is 24.1 Å². The molecule has 1 nitrogen and oxygen atoms in total. The van der Waals surface area contributed by atoms with Crippen molar-refractivity contribution in [2.75, 3.05) is 6.54 Å². The van der Waals surface area contributed by atoms with E-state index in [4.69, 9.17) is 0 Å². The van der Waals surface area contributed by atoms with E-state index in [1.807, 2.05) is 0 Å². The molecule has 0 aromatic carbocycles. The van der Waals surface area contributed by atoms with Crippen LogP contribution in [-0.2, 0) is 0 Å². The first kappa shape index (κ1) is 8.97. The minimum atomic E-state index is 0.521. The fourth-order valence-electron chi connectivity index (χ4n) is 1.78. The van der Waals surface area contributed by atoms with E-state index in [0.717, 1.165) is 6.54 Å². The van der Waals surface area contributed by atoms with Crippen LogP contribution in [0.25, 0.3) is 5.57 Å². The number of rotatable bonds is 2. The van der Waals surface area contributed by atoms with Gasteiger partial charge in [-0.05, 0) is 36.4 Å². The van der Waals surface area contributed by atoms with Crippen molar-refractivity contribution in [1.29, 1.82) is 0 Å². The molecule has 1 atom stereocenters. The van der Waals surface area contributed by atoms with E-state index in [1.54, 1.807) is 11.3 Å². The zero-order chi connectivity index (χ0) is 9.10. The van der Waals surface area contributed by atoms with Crippen LogP contribution in [-0.4, -0.2) is 12.6 Å². The van der Waals surface area contributed by atoms with Crippen molar-refractivity contribution in [3.05, 3.63) is 29.0 Å².